The molecule has 1 saturated heterocycles. The number of carbonyl (C=O) groups is 2. The molecule has 1 N–H and O–H groups in total. The van der Waals surface area contributed by atoms with Gasteiger partial charge in [0.1, 0.15) is 0 Å². The summed E-state index contributed by atoms with van der Waals surface area (Å²) in [4.78, 5) is 26.6. The van der Waals surface area contributed by atoms with E-state index in [0.717, 1.165) is 26.1 Å². The van der Waals surface area contributed by atoms with Crippen molar-refractivity contribution in [2.75, 3.05) is 16.8 Å². The van der Waals surface area contributed by atoms with Crippen molar-refractivity contribution in [1.29, 1.82) is 0 Å². The molecule has 2 aromatic rings. The van der Waals surface area contributed by atoms with Crippen molar-refractivity contribution < 1.29 is 9.59 Å². The fourth-order valence-electron chi connectivity index (χ4n) is 2.92. The zero-order chi connectivity index (χ0) is 17.3. The number of hydrogen-bond acceptors (Lipinski definition) is 2. The second-order valence-corrected chi connectivity index (χ2v) is 7.37. The highest BCUT2D eigenvalue weighted by atomic mass is 127. The molecule has 1 aliphatic heterocycles. The molecule has 3 rings (SSSR count). The molecule has 2 amide bonds. The third-order valence-corrected chi connectivity index (χ3v) is 5.19. The van der Waals surface area contributed by atoms with Crippen LogP contribution in [0.3, 0.4) is 0 Å². The number of halogens is 1. The summed E-state index contributed by atoms with van der Waals surface area (Å²) in [6.45, 7) is 4.47. The number of nitrogens with one attached hydrogen (secondary N) is 1. The fourth-order valence-corrected chi connectivity index (χ4v) is 3.28. The van der Waals surface area contributed by atoms with Crippen molar-refractivity contribution in [2.24, 2.45) is 5.92 Å². The predicted molar refractivity (Wildman–Crippen MR) is 104 cm³/mol. The number of nitrogens with zero attached hydrogens (tertiary/aromatic N) is 1. The topological polar surface area (TPSA) is 49.4 Å². The Morgan fingerprint density at radius 1 is 1.17 bits per heavy atom. The Balaban J connectivity index is 1.73. The highest BCUT2D eigenvalue weighted by Crippen LogP contribution is 2.30. The quantitative estimate of drug-likeness (QED) is 0.746. The molecule has 2 aromatic carbocycles. The number of carbonyl (C=O) groups excluding carboxylic acids is 2. The van der Waals surface area contributed by atoms with Crippen LogP contribution in [0.2, 0.25) is 0 Å². The number of benzene rings is 2. The average Bonchev–Trinajstić information content (AvgIpc) is 2.94. The Hall–Kier alpha value is -1.89. The first-order valence-corrected chi connectivity index (χ1v) is 8.96. The van der Waals surface area contributed by atoms with Gasteiger partial charge in [-0.25, -0.2) is 0 Å². The Morgan fingerprint density at radius 2 is 1.88 bits per heavy atom. The minimum absolute atomic E-state index is 0.00598. The monoisotopic (exact) mass is 434 g/mol. The van der Waals surface area contributed by atoms with Crippen molar-refractivity contribution >= 4 is 45.8 Å². The van der Waals surface area contributed by atoms with Crippen LogP contribution in [-0.4, -0.2) is 18.4 Å². The Morgan fingerprint density at radius 3 is 2.58 bits per heavy atom. The van der Waals surface area contributed by atoms with Crippen LogP contribution in [0, 0.1) is 23.3 Å². The maximum Gasteiger partial charge on any atom is 0.229 e. The summed E-state index contributed by atoms with van der Waals surface area (Å²) in [5.41, 5.74) is 3.90. The number of aryl methyl sites for hydroxylation is 1. The van der Waals surface area contributed by atoms with Crippen molar-refractivity contribution in [3.63, 3.8) is 0 Å². The zero-order valence-corrected chi connectivity index (χ0v) is 15.8. The lowest BCUT2D eigenvalue weighted by atomic mass is 10.1. The van der Waals surface area contributed by atoms with Gasteiger partial charge in [-0.05, 0) is 77.9 Å². The molecular formula is C19H19IN2O2. The summed E-state index contributed by atoms with van der Waals surface area (Å²) in [7, 11) is 0. The van der Waals surface area contributed by atoms with Crippen molar-refractivity contribution in [3.05, 3.63) is 57.2 Å². The molecule has 0 spiro atoms. The van der Waals surface area contributed by atoms with Gasteiger partial charge in [-0.15, -0.1) is 0 Å². The third kappa shape index (κ3) is 3.45. The first kappa shape index (κ1) is 17.0. The maximum atomic E-state index is 12.5. The lowest BCUT2D eigenvalue weighted by Crippen LogP contribution is -2.28. The van der Waals surface area contributed by atoms with Crippen molar-refractivity contribution in [1.82, 2.24) is 0 Å². The molecule has 1 fully saturated rings. The SMILES string of the molecule is Cc1cccc(N2C[C@@H](C(=O)Nc3ccc(I)cc3)CC2=O)c1C. The molecule has 0 radical (unpaired) electrons. The van der Waals surface area contributed by atoms with Gasteiger partial charge in [-0.1, -0.05) is 12.1 Å². The second-order valence-electron chi connectivity index (χ2n) is 6.12. The second kappa shape index (κ2) is 6.93. The van der Waals surface area contributed by atoms with Crippen molar-refractivity contribution in [2.45, 2.75) is 20.3 Å². The normalized spacial score (nSPS) is 17.2. The first-order chi connectivity index (χ1) is 11.5. The molecule has 0 aromatic heterocycles. The summed E-state index contributed by atoms with van der Waals surface area (Å²) in [6.07, 6.45) is 0.254. The van der Waals surface area contributed by atoms with Gasteiger partial charge in [0.2, 0.25) is 11.8 Å². The van der Waals surface area contributed by atoms with E-state index < -0.39 is 0 Å². The van der Waals surface area contributed by atoms with Crippen LogP contribution in [0.15, 0.2) is 42.5 Å². The summed E-state index contributed by atoms with van der Waals surface area (Å²) in [5, 5.41) is 2.91. The summed E-state index contributed by atoms with van der Waals surface area (Å²) in [5.74, 6) is -0.416. The maximum absolute atomic E-state index is 12.5. The Kier molecular flexibility index (Phi) is 4.89. The number of hydrogen-bond donors (Lipinski definition) is 1. The van der Waals surface area contributed by atoms with Crippen LogP contribution in [0.5, 0.6) is 0 Å². The standard InChI is InChI=1S/C19H19IN2O2/c1-12-4-3-5-17(13(12)2)22-11-14(10-18(22)23)19(24)21-16-8-6-15(20)7-9-16/h3-9,14H,10-11H2,1-2H3,(H,21,24)/t14-/m0/s1. The van der Waals surface area contributed by atoms with Gasteiger partial charge >= 0.3 is 0 Å². The number of amides is 2. The van der Waals surface area contributed by atoms with Gasteiger partial charge < -0.3 is 10.2 Å². The van der Waals surface area contributed by atoms with E-state index in [1.807, 2.05) is 56.3 Å². The van der Waals surface area contributed by atoms with Crippen LogP contribution in [0.1, 0.15) is 17.5 Å². The summed E-state index contributed by atoms with van der Waals surface area (Å²) >= 11 is 2.22. The highest BCUT2D eigenvalue weighted by Gasteiger charge is 2.35. The molecular weight excluding hydrogens is 415 g/mol. The van der Waals surface area contributed by atoms with Gasteiger partial charge in [0.15, 0.2) is 0 Å². The predicted octanol–water partition coefficient (Wildman–Crippen LogP) is 3.90. The number of anilines is 2. The van der Waals surface area contributed by atoms with E-state index in [1.165, 1.54) is 0 Å². The highest BCUT2D eigenvalue weighted by molar-refractivity contribution is 14.1. The molecule has 24 heavy (non-hydrogen) atoms. The van der Waals surface area contributed by atoms with E-state index in [-0.39, 0.29) is 24.2 Å². The molecule has 1 aliphatic rings. The van der Waals surface area contributed by atoms with E-state index >= 15 is 0 Å². The zero-order valence-electron chi connectivity index (χ0n) is 13.7. The summed E-state index contributed by atoms with van der Waals surface area (Å²) in [6, 6.07) is 13.6. The average molecular weight is 434 g/mol. The van der Waals surface area contributed by atoms with Gasteiger partial charge in [0, 0.05) is 27.9 Å². The van der Waals surface area contributed by atoms with Gasteiger partial charge in [-0.2, -0.15) is 0 Å². The lowest BCUT2D eigenvalue weighted by Gasteiger charge is -2.20. The molecule has 5 heteroatoms. The van der Waals surface area contributed by atoms with E-state index in [4.69, 9.17) is 0 Å². The molecule has 0 bridgehead atoms. The minimum Gasteiger partial charge on any atom is -0.326 e. The van der Waals surface area contributed by atoms with Crippen LogP contribution < -0.4 is 10.2 Å². The molecule has 0 unspecified atom stereocenters. The van der Waals surface area contributed by atoms with E-state index in [1.54, 1.807) is 4.90 Å². The van der Waals surface area contributed by atoms with Gasteiger partial charge in [-0.3, -0.25) is 9.59 Å². The Labute approximate surface area is 155 Å². The smallest absolute Gasteiger partial charge is 0.229 e. The summed E-state index contributed by atoms with van der Waals surface area (Å²) < 4.78 is 1.11. The first-order valence-electron chi connectivity index (χ1n) is 7.88. The number of rotatable bonds is 3. The molecule has 0 saturated carbocycles. The molecule has 0 aliphatic carbocycles. The molecule has 124 valence electrons. The van der Waals surface area contributed by atoms with Crippen LogP contribution in [0.4, 0.5) is 11.4 Å². The van der Waals surface area contributed by atoms with Crippen LogP contribution in [0.25, 0.3) is 0 Å². The fraction of sp³-hybridized carbons (Fsp3) is 0.263. The van der Waals surface area contributed by atoms with Gasteiger partial charge in [0.25, 0.3) is 0 Å². The van der Waals surface area contributed by atoms with E-state index in [2.05, 4.69) is 27.9 Å². The molecule has 1 atom stereocenters. The van der Waals surface area contributed by atoms with Crippen molar-refractivity contribution in [3.8, 4) is 0 Å². The van der Waals surface area contributed by atoms with Gasteiger partial charge in [0.05, 0.1) is 5.92 Å². The molecule has 1 heterocycles. The lowest BCUT2D eigenvalue weighted by molar-refractivity contribution is -0.122. The van der Waals surface area contributed by atoms with Crippen LogP contribution >= 0.6 is 22.6 Å². The van der Waals surface area contributed by atoms with E-state index in [0.29, 0.717) is 6.54 Å². The third-order valence-electron chi connectivity index (χ3n) is 4.47. The van der Waals surface area contributed by atoms with Crippen LogP contribution in [-0.2, 0) is 9.59 Å². The largest absolute Gasteiger partial charge is 0.326 e. The Bertz CT molecular complexity index is 786. The van der Waals surface area contributed by atoms with E-state index in [9.17, 15) is 9.59 Å². The minimum atomic E-state index is -0.323. The molecule has 4 nitrogen and oxygen atoms in total.